The van der Waals surface area contributed by atoms with Crippen molar-refractivity contribution in [2.24, 2.45) is 0 Å². The molecule has 1 aliphatic heterocycles. The molecule has 0 aromatic carbocycles. The molecule has 0 aromatic heterocycles. The SMILES string of the molecule is CCCC1C(=O)NC(C)(C)C(=O)N1CCOCC(F)(F)F. The molecule has 1 aliphatic rings. The average Bonchev–Trinajstić information content (AvgIpc) is 2.33. The number of nitrogens with one attached hydrogen (secondary N) is 1. The summed E-state index contributed by atoms with van der Waals surface area (Å²) in [6, 6.07) is -0.648. The lowest BCUT2D eigenvalue weighted by Crippen LogP contribution is -2.68. The quantitative estimate of drug-likeness (QED) is 0.756. The van der Waals surface area contributed by atoms with E-state index in [1.165, 1.54) is 4.90 Å². The number of piperazine rings is 1. The molecule has 0 radical (unpaired) electrons. The highest BCUT2D eigenvalue weighted by atomic mass is 19.4. The minimum Gasteiger partial charge on any atom is -0.370 e. The van der Waals surface area contributed by atoms with Crippen LogP contribution in [0.2, 0.25) is 0 Å². The molecule has 0 saturated carbocycles. The Balaban J connectivity index is 2.68. The Morgan fingerprint density at radius 3 is 2.48 bits per heavy atom. The van der Waals surface area contributed by atoms with Crippen LogP contribution in [0, 0.1) is 0 Å². The zero-order chi connectivity index (χ0) is 16.3. The van der Waals surface area contributed by atoms with Gasteiger partial charge in [-0.3, -0.25) is 9.59 Å². The summed E-state index contributed by atoms with van der Waals surface area (Å²) in [5, 5.41) is 2.63. The average molecular weight is 310 g/mol. The molecule has 1 heterocycles. The predicted octanol–water partition coefficient (Wildman–Crippen LogP) is 1.47. The second-order valence-electron chi connectivity index (χ2n) is 5.59. The molecule has 1 atom stereocenters. The van der Waals surface area contributed by atoms with Crippen molar-refractivity contribution < 1.29 is 27.5 Å². The zero-order valence-corrected chi connectivity index (χ0v) is 12.4. The van der Waals surface area contributed by atoms with Crippen LogP contribution in [0.5, 0.6) is 0 Å². The number of alkyl halides is 3. The lowest BCUT2D eigenvalue weighted by Gasteiger charge is -2.42. The van der Waals surface area contributed by atoms with Crippen molar-refractivity contribution >= 4 is 11.8 Å². The van der Waals surface area contributed by atoms with Crippen LogP contribution in [0.3, 0.4) is 0 Å². The van der Waals surface area contributed by atoms with Gasteiger partial charge in [0.15, 0.2) is 0 Å². The molecule has 1 rings (SSSR count). The van der Waals surface area contributed by atoms with Gasteiger partial charge in [0.25, 0.3) is 0 Å². The topological polar surface area (TPSA) is 58.6 Å². The van der Waals surface area contributed by atoms with Crippen LogP contribution in [0.4, 0.5) is 13.2 Å². The number of carbonyl (C=O) groups is 2. The molecule has 8 heteroatoms. The van der Waals surface area contributed by atoms with Gasteiger partial charge in [-0.05, 0) is 20.3 Å². The third-order valence-corrected chi connectivity index (χ3v) is 3.21. The maximum absolute atomic E-state index is 12.3. The molecule has 1 N–H and O–H groups in total. The van der Waals surface area contributed by atoms with E-state index in [9.17, 15) is 22.8 Å². The van der Waals surface area contributed by atoms with Crippen LogP contribution >= 0.6 is 0 Å². The van der Waals surface area contributed by atoms with Gasteiger partial charge in [0, 0.05) is 6.54 Å². The van der Waals surface area contributed by atoms with Gasteiger partial charge in [-0.15, -0.1) is 0 Å². The summed E-state index contributed by atoms with van der Waals surface area (Å²) >= 11 is 0. The van der Waals surface area contributed by atoms with Crippen LogP contribution in [-0.2, 0) is 14.3 Å². The standard InChI is InChI=1S/C13H21F3N2O3/c1-4-5-9-10(19)17-12(2,3)11(20)18(9)6-7-21-8-13(14,15)16/h9H,4-8H2,1-3H3,(H,17,19). The van der Waals surface area contributed by atoms with Gasteiger partial charge >= 0.3 is 6.18 Å². The second-order valence-corrected chi connectivity index (χ2v) is 5.59. The number of carbonyl (C=O) groups excluding carboxylic acids is 2. The van der Waals surface area contributed by atoms with Crippen molar-refractivity contribution in [2.45, 2.75) is 51.4 Å². The molecule has 0 spiro atoms. The molecule has 21 heavy (non-hydrogen) atoms. The van der Waals surface area contributed by atoms with Crippen molar-refractivity contribution in [3.8, 4) is 0 Å². The summed E-state index contributed by atoms with van der Waals surface area (Å²) < 4.78 is 40.6. The molecule has 0 aliphatic carbocycles. The Morgan fingerprint density at radius 2 is 1.95 bits per heavy atom. The van der Waals surface area contributed by atoms with Gasteiger partial charge < -0.3 is 15.0 Å². The highest BCUT2D eigenvalue weighted by Gasteiger charge is 2.44. The fraction of sp³-hybridized carbons (Fsp3) is 0.846. The van der Waals surface area contributed by atoms with Gasteiger partial charge in [-0.1, -0.05) is 13.3 Å². The van der Waals surface area contributed by atoms with Crippen LogP contribution in [-0.4, -0.2) is 54.2 Å². The number of amides is 2. The number of halogens is 3. The smallest absolute Gasteiger partial charge is 0.370 e. The number of nitrogens with zero attached hydrogens (tertiary/aromatic N) is 1. The van der Waals surface area contributed by atoms with Gasteiger partial charge in [-0.25, -0.2) is 0 Å². The minimum absolute atomic E-state index is 0.0313. The van der Waals surface area contributed by atoms with Crippen molar-refractivity contribution in [3.63, 3.8) is 0 Å². The van der Waals surface area contributed by atoms with Gasteiger partial charge in [0.05, 0.1) is 6.61 Å². The Morgan fingerprint density at radius 1 is 1.33 bits per heavy atom. The highest BCUT2D eigenvalue weighted by Crippen LogP contribution is 2.21. The van der Waals surface area contributed by atoms with Crippen LogP contribution in [0.1, 0.15) is 33.6 Å². The predicted molar refractivity (Wildman–Crippen MR) is 69.5 cm³/mol. The van der Waals surface area contributed by atoms with Crippen molar-refractivity contribution in [3.05, 3.63) is 0 Å². The summed E-state index contributed by atoms with van der Waals surface area (Å²) in [4.78, 5) is 25.6. The normalized spacial score (nSPS) is 22.4. The fourth-order valence-electron chi connectivity index (χ4n) is 2.26. The summed E-state index contributed by atoms with van der Waals surface area (Å²) in [5.41, 5.74) is -1.05. The van der Waals surface area contributed by atoms with Gasteiger partial charge in [0.1, 0.15) is 18.2 Å². The summed E-state index contributed by atoms with van der Waals surface area (Å²) in [6.45, 7) is 3.36. The van der Waals surface area contributed by atoms with E-state index in [4.69, 9.17) is 0 Å². The second kappa shape index (κ2) is 6.64. The van der Waals surface area contributed by atoms with Crippen molar-refractivity contribution in [1.29, 1.82) is 0 Å². The molecule has 0 bridgehead atoms. The molecule has 5 nitrogen and oxygen atoms in total. The lowest BCUT2D eigenvalue weighted by atomic mass is 9.95. The van der Waals surface area contributed by atoms with E-state index in [-0.39, 0.29) is 25.0 Å². The lowest BCUT2D eigenvalue weighted by molar-refractivity contribution is -0.176. The van der Waals surface area contributed by atoms with Gasteiger partial charge in [0.2, 0.25) is 11.8 Å². The van der Waals surface area contributed by atoms with Crippen LogP contribution < -0.4 is 5.32 Å². The summed E-state index contributed by atoms with van der Waals surface area (Å²) in [6.07, 6.45) is -3.25. The number of rotatable bonds is 6. The Kier molecular flexibility index (Phi) is 5.61. The van der Waals surface area contributed by atoms with E-state index in [0.717, 1.165) is 0 Å². The van der Waals surface area contributed by atoms with E-state index in [1.807, 2.05) is 6.92 Å². The van der Waals surface area contributed by atoms with E-state index >= 15 is 0 Å². The summed E-state index contributed by atoms with van der Waals surface area (Å²) in [5.74, 6) is -0.589. The summed E-state index contributed by atoms with van der Waals surface area (Å²) in [7, 11) is 0. The zero-order valence-electron chi connectivity index (χ0n) is 12.4. The third-order valence-electron chi connectivity index (χ3n) is 3.21. The Labute approximate surface area is 121 Å². The first kappa shape index (κ1) is 17.7. The fourth-order valence-corrected chi connectivity index (χ4v) is 2.26. The number of hydrogen-bond donors (Lipinski definition) is 1. The maximum atomic E-state index is 12.3. The van der Waals surface area contributed by atoms with Crippen LogP contribution in [0.25, 0.3) is 0 Å². The Bertz CT molecular complexity index is 397. The monoisotopic (exact) mass is 310 g/mol. The van der Waals surface area contributed by atoms with E-state index in [2.05, 4.69) is 10.1 Å². The molecule has 0 aromatic rings. The molecule has 2 amide bonds. The first-order valence-electron chi connectivity index (χ1n) is 6.86. The molecular weight excluding hydrogens is 289 g/mol. The van der Waals surface area contributed by atoms with Crippen molar-refractivity contribution in [2.75, 3.05) is 19.8 Å². The number of ether oxygens (including phenoxy) is 1. The third kappa shape index (κ3) is 4.87. The maximum Gasteiger partial charge on any atom is 0.411 e. The molecule has 122 valence electrons. The first-order chi connectivity index (χ1) is 9.58. The molecule has 1 fully saturated rings. The van der Waals surface area contributed by atoms with E-state index < -0.39 is 24.4 Å². The highest BCUT2D eigenvalue weighted by molar-refractivity contribution is 5.99. The van der Waals surface area contributed by atoms with Crippen LogP contribution in [0.15, 0.2) is 0 Å². The molecular formula is C13H21F3N2O3. The largest absolute Gasteiger partial charge is 0.411 e. The molecule has 1 saturated heterocycles. The minimum atomic E-state index is -4.40. The van der Waals surface area contributed by atoms with Crippen molar-refractivity contribution in [1.82, 2.24) is 10.2 Å². The number of hydrogen-bond acceptors (Lipinski definition) is 3. The Hall–Kier alpha value is -1.31. The first-order valence-corrected chi connectivity index (χ1v) is 6.86. The van der Waals surface area contributed by atoms with Gasteiger partial charge in [-0.2, -0.15) is 13.2 Å². The van der Waals surface area contributed by atoms with E-state index in [1.54, 1.807) is 13.8 Å². The molecule has 1 unspecified atom stereocenters. The van der Waals surface area contributed by atoms with E-state index in [0.29, 0.717) is 12.8 Å².